The van der Waals surface area contributed by atoms with Crippen molar-refractivity contribution >= 4 is 5.91 Å². The lowest BCUT2D eigenvalue weighted by Gasteiger charge is -2.17. The maximum atomic E-state index is 12.2. The second-order valence-electron chi connectivity index (χ2n) is 5.67. The predicted octanol–water partition coefficient (Wildman–Crippen LogP) is 2.56. The van der Waals surface area contributed by atoms with E-state index >= 15 is 0 Å². The van der Waals surface area contributed by atoms with E-state index in [2.05, 4.69) is 22.8 Å². The van der Waals surface area contributed by atoms with E-state index < -0.39 is 0 Å². The number of fused-ring (bicyclic) bond motifs is 1. The van der Waals surface area contributed by atoms with Crippen LogP contribution < -0.4 is 10.6 Å². The van der Waals surface area contributed by atoms with Crippen molar-refractivity contribution in [2.75, 3.05) is 13.1 Å². The molecule has 1 aromatic rings. The predicted molar refractivity (Wildman–Crippen MR) is 80.7 cm³/mol. The van der Waals surface area contributed by atoms with Crippen LogP contribution in [0.5, 0.6) is 0 Å². The van der Waals surface area contributed by atoms with Crippen LogP contribution in [-0.4, -0.2) is 19.0 Å². The molecular formula is C17H22N2O. The molecule has 1 aliphatic heterocycles. The minimum Gasteiger partial charge on any atom is -0.352 e. The van der Waals surface area contributed by atoms with Crippen LogP contribution in [0.1, 0.15) is 47.2 Å². The number of carbonyl (C=O) groups excluding carboxylic acids is 1. The Hall–Kier alpha value is -1.61. The Kier molecular flexibility index (Phi) is 4.16. The molecule has 0 atom stereocenters. The molecule has 0 radical (unpaired) electrons. The highest BCUT2D eigenvalue weighted by Crippen LogP contribution is 2.20. The Morgan fingerprint density at radius 1 is 1.25 bits per heavy atom. The number of amides is 1. The normalized spacial score (nSPS) is 17.5. The molecule has 3 heteroatoms. The maximum absolute atomic E-state index is 12.2. The molecule has 0 aromatic heterocycles. The number of rotatable bonds is 4. The first-order chi connectivity index (χ1) is 9.83. The van der Waals surface area contributed by atoms with Gasteiger partial charge in [0.25, 0.3) is 5.91 Å². The lowest BCUT2D eigenvalue weighted by molar-refractivity contribution is 0.0954. The second-order valence-corrected chi connectivity index (χ2v) is 5.67. The van der Waals surface area contributed by atoms with Crippen molar-refractivity contribution < 1.29 is 4.79 Å². The Morgan fingerprint density at radius 2 is 2.20 bits per heavy atom. The molecule has 106 valence electrons. The Bertz CT molecular complexity index is 534. The van der Waals surface area contributed by atoms with Crippen LogP contribution in [0.3, 0.4) is 0 Å². The summed E-state index contributed by atoms with van der Waals surface area (Å²) in [6, 6.07) is 6.09. The molecule has 20 heavy (non-hydrogen) atoms. The molecule has 1 aliphatic carbocycles. The first-order valence-electron chi connectivity index (χ1n) is 7.61. The first kappa shape index (κ1) is 13.4. The van der Waals surface area contributed by atoms with Gasteiger partial charge in [-0.2, -0.15) is 0 Å². The van der Waals surface area contributed by atoms with Gasteiger partial charge in [0, 0.05) is 18.7 Å². The van der Waals surface area contributed by atoms with Gasteiger partial charge < -0.3 is 10.6 Å². The molecule has 0 saturated heterocycles. The van der Waals surface area contributed by atoms with E-state index in [1.165, 1.54) is 36.0 Å². The van der Waals surface area contributed by atoms with E-state index in [0.717, 1.165) is 38.0 Å². The van der Waals surface area contributed by atoms with Gasteiger partial charge in [-0.1, -0.05) is 17.7 Å². The molecule has 0 bridgehead atoms. The van der Waals surface area contributed by atoms with Gasteiger partial charge >= 0.3 is 0 Å². The Morgan fingerprint density at radius 3 is 3.05 bits per heavy atom. The third-order valence-electron chi connectivity index (χ3n) is 4.22. The van der Waals surface area contributed by atoms with Crippen molar-refractivity contribution in [1.82, 2.24) is 10.6 Å². The first-order valence-corrected chi connectivity index (χ1v) is 7.61. The number of carbonyl (C=O) groups is 1. The highest BCUT2D eigenvalue weighted by molar-refractivity contribution is 5.94. The maximum Gasteiger partial charge on any atom is 0.251 e. The summed E-state index contributed by atoms with van der Waals surface area (Å²) in [5.41, 5.74) is 4.92. The molecule has 1 heterocycles. The van der Waals surface area contributed by atoms with Crippen molar-refractivity contribution in [3.8, 4) is 0 Å². The van der Waals surface area contributed by atoms with Gasteiger partial charge in [0.2, 0.25) is 0 Å². The third kappa shape index (κ3) is 3.10. The highest BCUT2D eigenvalue weighted by atomic mass is 16.1. The van der Waals surface area contributed by atoms with Crippen LogP contribution in [0.15, 0.2) is 29.8 Å². The van der Waals surface area contributed by atoms with Gasteiger partial charge in [-0.3, -0.25) is 4.79 Å². The summed E-state index contributed by atoms with van der Waals surface area (Å²) < 4.78 is 0. The average molecular weight is 270 g/mol. The van der Waals surface area contributed by atoms with Gasteiger partial charge in [-0.05, 0) is 61.9 Å². The summed E-state index contributed by atoms with van der Waals surface area (Å²) in [5.74, 6) is 0.0528. The average Bonchev–Trinajstić information content (AvgIpc) is 3.00. The third-order valence-corrected chi connectivity index (χ3v) is 4.22. The fourth-order valence-electron chi connectivity index (χ4n) is 3.02. The van der Waals surface area contributed by atoms with Crippen LogP contribution in [-0.2, 0) is 13.0 Å². The van der Waals surface area contributed by atoms with Gasteiger partial charge in [-0.25, -0.2) is 0 Å². The Balaban J connectivity index is 1.56. The molecule has 2 aliphatic rings. The molecule has 2 N–H and O–H groups in total. The zero-order valence-electron chi connectivity index (χ0n) is 11.9. The number of nitrogens with one attached hydrogen (secondary N) is 2. The topological polar surface area (TPSA) is 41.1 Å². The van der Waals surface area contributed by atoms with Crippen LogP contribution >= 0.6 is 0 Å². The summed E-state index contributed by atoms with van der Waals surface area (Å²) in [7, 11) is 0. The van der Waals surface area contributed by atoms with E-state index in [9.17, 15) is 4.79 Å². The molecule has 1 amide bonds. The molecule has 0 fully saturated rings. The smallest absolute Gasteiger partial charge is 0.251 e. The van der Waals surface area contributed by atoms with Gasteiger partial charge in [0.05, 0.1) is 0 Å². The second kappa shape index (κ2) is 6.23. The van der Waals surface area contributed by atoms with Crippen molar-refractivity contribution in [3.63, 3.8) is 0 Å². The van der Waals surface area contributed by atoms with E-state index in [1.54, 1.807) is 0 Å². The molecule has 1 aromatic carbocycles. The van der Waals surface area contributed by atoms with Crippen LogP contribution in [0.4, 0.5) is 0 Å². The van der Waals surface area contributed by atoms with Crippen molar-refractivity contribution in [3.05, 3.63) is 46.5 Å². The summed E-state index contributed by atoms with van der Waals surface area (Å²) in [5, 5.41) is 6.38. The van der Waals surface area contributed by atoms with Crippen LogP contribution in [0.25, 0.3) is 0 Å². The highest BCUT2D eigenvalue weighted by Gasteiger charge is 2.12. The lowest BCUT2D eigenvalue weighted by atomic mass is 9.98. The zero-order valence-corrected chi connectivity index (χ0v) is 11.9. The quantitative estimate of drug-likeness (QED) is 0.826. The van der Waals surface area contributed by atoms with Crippen LogP contribution in [0.2, 0.25) is 0 Å². The molecule has 0 unspecified atom stereocenters. The van der Waals surface area contributed by atoms with Crippen molar-refractivity contribution in [2.45, 2.75) is 38.6 Å². The minimum absolute atomic E-state index is 0.0528. The number of hydrogen-bond donors (Lipinski definition) is 2. The van der Waals surface area contributed by atoms with Crippen molar-refractivity contribution in [1.29, 1.82) is 0 Å². The molecule has 0 saturated carbocycles. The standard InChI is InChI=1S/C17H22N2O/c20-17(19-10-7-13-3-1-2-4-13)15-6-5-14-8-9-18-12-16(14)11-15/h3,5-6,11,18H,1-2,4,7-10,12H2,(H,19,20). The van der Waals surface area contributed by atoms with Gasteiger partial charge in [-0.15, -0.1) is 0 Å². The fraction of sp³-hybridized carbons (Fsp3) is 0.471. The number of hydrogen-bond acceptors (Lipinski definition) is 2. The zero-order chi connectivity index (χ0) is 13.8. The minimum atomic E-state index is 0.0528. The van der Waals surface area contributed by atoms with E-state index in [0.29, 0.717) is 0 Å². The molecule has 0 spiro atoms. The summed E-state index contributed by atoms with van der Waals surface area (Å²) in [6.07, 6.45) is 8.07. The Labute approximate surface area is 120 Å². The monoisotopic (exact) mass is 270 g/mol. The number of benzene rings is 1. The number of allylic oxidation sites excluding steroid dienone is 1. The van der Waals surface area contributed by atoms with Crippen molar-refractivity contribution in [2.24, 2.45) is 0 Å². The summed E-state index contributed by atoms with van der Waals surface area (Å²) >= 11 is 0. The van der Waals surface area contributed by atoms with E-state index in [-0.39, 0.29) is 5.91 Å². The lowest BCUT2D eigenvalue weighted by Crippen LogP contribution is -2.27. The van der Waals surface area contributed by atoms with Gasteiger partial charge in [0.1, 0.15) is 0 Å². The molecular weight excluding hydrogens is 248 g/mol. The van der Waals surface area contributed by atoms with Gasteiger partial charge in [0.15, 0.2) is 0 Å². The largest absolute Gasteiger partial charge is 0.352 e. The fourth-order valence-corrected chi connectivity index (χ4v) is 3.02. The van der Waals surface area contributed by atoms with Crippen LogP contribution in [0, 0.1) is 0 Å². The molecule has 3 nitrogen and oxygen atoms in total. The van der Waals surface area contributed by atoms with E-state index in [1.807, 2.05) is 12.1 Å². The molecule has 3 rings (SSSR count). The summed E-state index contributed by atoms with van der Waals surface area (Å²) in [4.78, 5) is 12.2. The summed E-state index contributed by atoms with van der Waals surface area (Å²) in [6.45, 7) is 2.66. The SMILES string of the molecule is O=C(NCCC1=CCCC1)c1ccc2c(c1)CNCC2. The van der Waals surface area contributed by atoms with E-state index in [4.69, 9.17) is 0 Å².